The second-order valence-electron chi connectivity index (χ2n) is 7.52. The fraction of sp³-hybridized carbons (Fsp3) is 0.409. The molecule has 1 atom stereocenters. The first-order valence-corrected chi connectivity index (χ1v) is 9.96. The van der Waals surface area contributed by atoms with Gasteiger partial charge < -0.3 is 10.1 Å². The van der Waals surface area contributed by atoms with Crippen LogP contribution in [0.15, 0.2) is 54.6 Å². The second kappa shape index (κ2) is 8.01. The number of rotatable bonds is 6. The van der Waals surface area contributed by atoms with E-state index in [9.17, 15) is 4.79 Å². The summed E-state index contributed by atoms with van der Waals surface area (Å²) >= 11 is 6.11. The van der Waals surface area contributed by atoms with Gasteiger partial charge in [0.05, 0.1) is 18.1 Å². The van der Waals surface area contributed by atoms with Gasteiger partial charge >= 0.3 is 0 Å². The first-order chi connectivity index (χ1) is 13.2. The highest BCUT2D eigenvalue weighted by Gasteiger charge is 2.51. The lowest BCUT2D eigenvalue weighted by atomic mass is 9.95. The van der Waals surface area contributed by atoms with Crippen LogP contribution in [-0.4, -0.2) is 43.2 Å². The molecule has 4 nitrogen and oxygen atoms in total. The Balaban J connectivity index is 1.31. The Morgan fingerprint density at radius 3 is 2.74 bits per heavy atom. The number of nitrogens with one attached hydrogen (secondary N) is 1. The summed E-state index contributed by atoms with van der Waals surface area (Å²) < 4.78 is 5.88. The van der Waals surface area contributed by atoms with Gasteiger partial charge in [0.2, 0.25) is 5.91 Å². The number of nitrogens with zero attached hydrogens (tertiary/aromatic N) is 1. The van der Waals surface area contributed by atoms with E-state index < -0.39 is 5.41 Å². The molecule has 1 aliphatic heterocycles. The molecule has 1 heterocycles. The molecule has 1 amide bonds. The molecule has 4 rings (SSSR count). The molecular formula is C22H25ClN2O2. The van der Waals surface area contributed by atoms with E-state index in [2.05, 4.69) is 34.5 Å². The summed E-state index contributed by atoms with van der Waals surface area (Å²) in [5.41, 5.74) is 1.92. The summed E-state index contributed by atoms with van der Waals surface area (Å²) in [7, 11) is 0. The maximum Gasteiger partial charge on any atom is 0.230 e. The third-order valence-corrected chi connectivity index (χ3v) is 5.76. The predicted octanol–water partition coefficient (Wildman–Crippen LogP) is 3.39. The lowest BCUT2D eigenvalue weighted by Crippen LogP contribution is -2.48. The van der Waals surface area contributed by atoms with Crippen molar-refractivity contribution in [1.82, 2.24) is 10.2 Å². The fourth-order valence-electron chi connectivity index (χ4n) is 3.82. The number of halogens is 1. The summed E-state index contributed by atoms with van der Waals surface area (Å²) in [5, 5.41) is 3.80. The first kappa shape index (κ1) is 18.5. The molecular weight excluding hydrogens is 360 g/mol. The molecule has 1 unspecified atom stereocenters. The van der Waals surface area contributed by atoms with Crippen molar-refractivity contribution in [3.63, 3.8) is 0 Å². The van der Waals surface area contributed by atoms with Crippen molar-refractivity contribution in [2.24, 2.45) is 0 Å². The normalized spacial score (nSPS) is 21.6. The van der Waals surface area contributed by atoms with Crippen LogP contribution >= 0.6 is 11.6 Å². The van der Waals surface area contributed by atoms with Gasteiger partial charge in [-0.2, -0.15) is 0 Å². The van der Waals surface area contributed by atoms with E-state index in [4.69, 9.17) is 16.3 Å². The average Bonchev–Trinajstić information content (AvgIpc) is 3.49. The molecule has 2 fully saturated rings. The molecule has 1 N–H and O–H groups in total. The van der Waals surface area contributed by atoms with Gasteiger partial charge in [-0.25, -0.2) is 0 Å². The summed E-state index contributed by atoms with van der Waals surface area (Å²) in [6.45, 7) is 3.92. The number of morpholine rings is 1. The molecule has 2 aromatic rings. The van der Waals surface area contributed by atoms with Gasteiger partial charge in [0.15, 0.2) is 0 Å². The molecule has 5 heteroatoms. The second-order valence-corrected chi connectivity index (χ2v) is 7.95. The molecule has 27 heavy (non-hydrogen) atoms. The van der Waals surface area contributed by atoms with Crippen LogP contribution in [0.5, 0.6) is 0 Å². The Morgan fingerprint density at radius 1 is 1.19 bits per heavy atom. The third-order valence-electron chi connectivity index (χ3n) is 5.52. The van der Waals surface area contributed by atoms with Crippen LogP contribution in [-0.2, 0) is 21.5 Å². The van der Waals surface area contributed by atoms with Gasteiger partial charge in [-0.1, -0.05) is 54.1 Å². The molecule has 0 radical (unpaired) electrons. The van der Waals surface area contributed by atoms with Crippen LogP contribution in [0.1, 0.15) is 24.0 Å². The lowest BCUT2D eigenvalue weighted by molar-refractivity contribution is -0.124. The van der Waals surface area contributed by atoms with Gasteiger partial charge in [-0.05, 0) is 36.1 Å². The molecule has 1 saturated carbocycles. The van der Waals surface area contributed by atoms with E-state index in [0.717, 1.165) is 38.0 Å². The van der Waals surface area contributed by atoms with Gasteiger partial charge in [-0.3, -0.25) is 9.69 Å². The predicted molar refractivity (Wildman–Crippen MR) is 107 cm³/mol. The number of benzene rings is 2. The SMILES string of the molecule is O=C(NCC1CN(Cc2ccccc2)CCO1)C1(c2cccc(Cl)c2)CC1. The molecule has 0 spiro atoms. The molecule has 2 aromatic carbocycles. The van der Waals surface area contributed by atoms with Gasteiger partial charge in [-0.15, -0.1) is 0 Å². The van der Waals surface area contributed by atoms with Crippen LogP contribution < -0.4 is 5.32 Å². The van der Waals surface area contributed by atoms with Crippen molar-refractivity contribution in [3.8, 4) is 0 Å². The molecule has 0 bridgehead atoms. The lowest BCUT2D eigenvalue weighted by Gasteiger charge is -2.33. The quantitative estimate of drug-likeness (QED) is 0.830. The van der Waals surface area contributed by atoms with Crippen molar-refractivity contribution >= 4 is 17.5 Å². The van der Waals surface area contributed by atoms with Crippen LogP contribution in [0.4, 0.5) is 0 Å². The molecule has 1 saturated heterocycles. The zero-order valence-electron chi connectivity index (χ0n) is 15.4. The largest absolute Gasteiger partial charge is 0.374 e. The monoisotopic (exact) mass is 384 g/mol. The van der Waals surface area contributed by atoms with E-state index in [1.165, 1.54) is 5.56 Å². The summed E-state index contributed by atoms with van der Waals surface area (Å²) in [5.74, 6) is 0.0912. The van der Waals surface area contributed by atoms with Crippen molar-refractivity contribution in [1.29, 1.82) is 0 Å². The van der Waals surface area contributed by atoms with Crippen LogP contribution in [0, 0.1) is 0 Å². The smallest absolute Gasteiger partial charge is 0.230 e. The van der Waals surface area contributed by atoms with Crippen molar-refractivity contribution in [2.45, 2.75) is 30.9 Å². The minimum atomic E-state index is -0.400. The third kappa shape index (κ3) is 4.34. The highest BCUT2D eigenvalue weighted by molar-refractivity contribution is 6.30. The number of carbonyl (C=O) groups excluding carboxylic acids is 1. The number of hydrogen-bond donors (Lipinski definition) is 1. The van der Waals surface area contributed by atoms with Crippen LogP contribution in [0.2, 0.25) is 5.02 Å². The van der Waals surface area contributed by atoms with Crippen molar-refractivity contribution in [3.05, 3.63) is 70.7 Å². The summed E-state index contributed by atoms with van der Waals surface area (Å²) in [6, 6.07) is 18.1. The average molecular weight is 385 g/mol. The Labute approximate surface area is 165 Å². The van der Waals surface area contributed by atoms with E-state index in [-0.39, 0.29) is 12.0 Å². The van der Waals surface area contributed by atoms with Crippen molar-refractivity contribution < 1.29 is 9.53 Å². The maximum atomic E-state index is 12.8. The van der Waals surface area contributed by atoms with E-state index >= 15 is 0 Å². The minimum Gasteiger partial charge on any atom is -0.374 e. The molecule has 0 aromatic heterocycles. The number of ether oxygens (including phenoxy) is 1. The molecule has 2 aliphatic rings. The topological polar surface area (TPSA) is 41.6 Å². The van der Waals surface area contributed by atoms with Crippen LogP contribution in [0.25, 0.3) is 0 Å². The standard InChI is InChI=1S/C22H25ClN2O2/c23-19-8-4-7-18(13-19)22(9-10-22)21(26)24-14-20-16-25(11-12-27-20)15-17-5-2-1-3-6-17/h1-8,13,20H,9-12,14-16H2,(H,24,26). The first-order valence-electron chi connectivity index (χ1n) is 9.58. The van der Waals surface area contributed by atoms with Gasteiger partial charge in [0.1, 0.15) is 0 Å². The Kier molecular flexibility index (Phi) is 5.48. The zero-order chi connectivity index (χ0) is 18.7. The van der Waals surface area contributed by atoms with Gasteiger partial charge in [0.25, 0.3) is 0 Å². The highest BCUT2D eigenvalue weighted by Crippen LogP contribution is 2.48. The number of hydrogen-bond acceptors (Lipinski definition) is 3. The van der Waals surface area contributed by atoms with E-state index in [1.54, 1.807) is 0 Å². The number of amides is 1. The fourth-order valence-corrected chi connectivity index (χ4v) is 4.01. The highest BCUT2D eigenvalue weighted by atomic mass is 35.5. The number of carbonyl (C=O) groups is 1. The Bertz CT molecular complexity index is 792. The van der Waals surface area contributed by atoms with Crippen LogP contribution in [0.3, 0.4) is 0 Å². The van der Waals surface area contributed by atoms with Crippen molar-refractivity contribution in [2.75, 3.05) is 26.2 Å². The van der Waals surface area contributed by atoms with E-state index in [0.29, 0.717) is 18.2 Å². The minimum absolute atomic E-state index is 0.0292. The Morgan fingerprint density at radius 2 is 2.00 bits per heavy atom. The zero-order valence-corrected chi connectivity index (χ0v) is 16.1. The summed E-state index contributed by atoms with van der Waals surface area (Å²) in [6.07, 6.45) is 1.79. The molecule has 142 valence electrons. The maximum absolute atomic E-state index is 12.8. The molecule has 1 aliphatic carbocycles. The Hall–Kier alpha value is -1.88. The van der Waals surface area contributed by atoms with Gasteiger partial charge in [0, 0.05) is 31.2 Å². The summed E-state index contributed by atoms with van der Waals surface area (Å²) in [4.78, 5) is 15.2. The van der Waals surface area contributed by atoms with E-state index in [1.807, 2.05) is 30.3 Å².